The Hall–Kier alpha value is -2.44. The quantitative estimate of drug-likeness (QED) is 0.630. The van der Waals surface area contributed by atoms with Crippen LogP contribution in [-0.2, 0) is 11.2 Å². The number of anilines is 2. The number of hydrogen-bond donors (Lipinski definition) is 1. The number of benzene rings is 2. The van der Waals surface area contributed by atoms with Gasteiger partial charge in [0.05, 0.1) is 4.70 Å². The van der Waals surface area contributed by atoms with Gasteiger partial charge < -0.3 is 10.2 Å². The van der Waals surface area contributed by atoms with Crippen molar-refractivity contribution in [1.29, 1.82) is 0 Å². The van der Waals surface area contributed by atoms with Gasteiger partial charge in [-0.1, -0.05) is 31.2 Å². The van der Waals surface area contributed by atoms with E-state index in [4.69, 9.17) is 4.37 Å². The van der Waals surface area contributed by atoms with Gasteiger partial charge in [-0.05, 0) is 54.2 Å². The number of piperazine rings is 1. The third-order valence-electron chi connectivity index (χ3n) is 5.46. The summed E-state index contributed by atoms with van der Waals surface area (Å²) in [5, 5.41) is 4.22. The first kappa shape index (κ1) is 19.9. The molecule has 0 saturated carbocycles. The van der Waals surface area contributed by atoms with Crippen molar-refractivity contribution in [2.24, 2.45) is 0 Å². The Bertz CT molecular complexity index is 945. The first-order valence-electron chi connectivity index (χ1n) is 10.4. The van der Waals surface area contributed by atoms with E-state index in [2.05, 4.69) is 51.5 Å². The summed E-state index contributed by atoms with van der Waals surface area (Å²) in [5.41, 5.74) is 2.20. The zero-order valence-electron chi connectivity index (χ0n) is 16.9. The Kier molecular flexibility index (Phi) is 6.42. The van der Waals surface area contributed by atoms with E-state index in [1.807, 2.05) is 19.1 Å². The molecule has 0 atom stereocenters. The number of amides is 1. The summed E-state index contributed by atoms with van der Waals surface area (Å²) >= 11 is 1.59. The maximum atomic E-state index is 11.7. The van der Waals surface area contributed by atoms with Gasteiger partial charge in [0.15, 0.2) is 0 Å². The summed E-state index contributed by atoms with van der Waals surface area (Å²) in [5.74, 6) is 1.23. The standard InChI is InChI=1S/C23H28N4OS/c1-2-5-22(28)24-19-10-8-18(9-11-19)12-13-26-14-16-27(17-15-26)23-20-6-3-4-7-21(20)29-25-23/h3-4,6-11H,2,5,12-17H2,1H3,(H,24,28). The highest BCUT2D eigenvalue weighted by atomic mass is 32.1. The van der Waals surface area contributed by atoms with Gasteiger partial charge >= 0.3 is 0 Å². The molecule has 5 nitrogen and oxygen atoms in total. The number of hydrogen-bond acceptors (Lipinski definition) is 5. The molecular weight excluding hydrogens is 380 g/mol. The van der Waals surface area contributed by atoms with Crippen LogP contribution in [0.5, 0.6) is 0 Å². The molecule has 1 aliphatic heterocycles. The fraction of sp³-hybridized carbons (Fsp3) is 0.391. The highest BCUT2D eigenvalue weighted by Crippen LogP contribution is 2.29. The fourth-order valence-electron chi connectivity index (χ4n) is 3.78. The summed E-state index contributed by atoms with van der Waals surface area (Å²) in [6.45, 7) is 7.26. The molecule has 4 rings (SSSR count). The van der Waals surface area contributed by atoms with Crippen molar-refractivity contribution in [1.82, 2.24) is 9.27 Å². The van der Waals surface area contributed by atoms with E-state index in [1.54, 1.807) is 11.5 Å². The smallest absolute Gasteiger partial charge is 0.224 e. The van der Waals surface area contributed by atoms with Crippen molar-refractivity contribution in [2.45, 2.75) is 26.2 Å². The lowest BCUT2D eigenvalue weighted by molar-refractivity contribution is -0.116. The average molecular weight is 409 g/mol. The predicted molar refractivity (Wildman–Crippen MR) is 122 cm³/mol. The predicted octanol–water partition coefficient (Wildman–Crippen LogP) is 4.40. The van der Waals surface area contributed by atoms with Gasteiger partial charge in [-0.3, -0.25) is 9.69 Å². The van der Waals surface area contributed by atoms with Crippen LogP contribution in [0.15, 0.2) is 48.5 Å². The number of nitrogens with zero attached hydrogens (tertiary/aromatic N) is 3. The molecule has 0 unspecified atom stereocenters. The molecule has 6 heteroatoms. The van der Waals surface area contributed by atoms with Crippen LogP contribution in [0.4, 0.5) is 11.5 Å². The Morgan fingerprint density at radius 1 is 1.07 bits per heavy atom. The number of aromatic nitrogens is 1. The van der Waals surface area contributed by atoms with Crippen molar-refractivity contribution in [3.63, 3.8) is 0 Å². The highest BCUT2D eigenvalue weighted by molar-refractivity contribution is 7.13. The maximum Gasteiger partial charge on any atom is 0.224 e. The van der Waals surface area contributed by atoms with Gasteiger partial charge in [0.2, 0.25) is 5.91 Å². The molecule has 3 aromatic rings. The number of carbonyl (C=O) groups excluding carboxylic acids is 1. The van der Waals surface area contributed by atoms with Crippen LogP contribution in [0, 0.1) is 0 Å². The van der Waals surface area contributed by atoms with Crippen LogP contribution in [0.3, 0.4) is 0 Å². The normalized spacial score (nSPS) is 15.0. The topological polar surface area (TPSA) is 48.5 Å². The third-order valence-corrected chi connectivity index (χ3v) is 6.28. The minimum absolute atomic E-state index is 0.0889. The van der Waals surface area contributed by atoms with Gasteiger partial charge in [-0.2, -0.15) is 4.37 Å². The van der Waals surface area contributed by atoms with E-state index in [1.165, 1.54) is 15.6 Å². The molecule has 2 heterocycles. The SMILES string of the molecule is CCCC(=O)Nc1ccc(CCN2CCN(c3nsc4ccccc34)CC2)cc1. The van der Waals surface area contributed by atoms with E-state index < -0.39 is 0 Å². The van der Waals surface area contributed by atoms with Crippen LogP contribution < -0.4 is 10.2 Å². The Labute approximate surface area is 176 Å². The molecule has 2 aromatic carbocycles. The maximum absolute atomic E-state index is 11.7. The zero-order chi connectivity index (χ0) is 20.1. The van der Waals surface area contributed by atoms with Gasteiger partial charge in [0, 0.05) is 50.2 Å². The van der Waals surface area contributed by atoms with Crippen LogP contribution >= 0.6 is 11.5 Å². The Morgan fingerprint density at radius 2 is 1.83 bits per heavy atom. The summed E-state index contributed by atoms with van der Waals surface area (Å²) in [4.78, 5) is 16.6. The summed E-state index contributed by atoms with van der Waals surface area (Å²) in [6, 6.07) is 16.8. The molecule has 152 valence electrons. The molecule has 1 amide bonds. The Morgan fingerprint density at radius 3 is 2.59 bits per heavy atom. The second kappa shape index (κ2) is 9.37. The zero-order valence-corrected chi connectivity index (χ0v) is 17.8. The van der Waals surface area contributed by atoms with Crippen molar-refractivity contribution in [3.8, 4) is 0 Å². The van der Waals surface area contributed by atoms with Gasteiger partial charge in [-0.15, -0.1) is 0 Å². The molecule has 1 N–H and O–H groups in total. The van der Waals surface area contributed by atoms with Crippen molar-refractivity contribution in [3.05, 3.63) is 54.1 Å². The molecule has 29 heavy (non-hydrogen) atoms. The summed E-state index contributed by atoms with van der Waals surface area (Å²) < 4.78 is 5.96. The lowest BCUT2D eigenvalue weighted by atomic mass is 10.1. The van der Waals surface area contributed by atoms with Gasteiger partial charge in [-0.25, -0.2) is 0 Å². The molecular formula is C23H28N4OS. The Balaban J connectivity index is 1.25. The van der Waals surface area contributed by atoms with Crippen molar-refractivity contribution < 1.29 is 4.79 Å². The number of rotatable bonds is 7. The van der Waals surface area contributed by atoms with E-state index in [0.717, 1.165) is 57.1 Å². The van der Waals surface area contributed by atoms with Crippen LogP contribution in [0.25, 0.3) is 10.1 Å². The average Bonchev–Trinajstić information content (AvgIpc) is 3.18. The lowest BCUT2D eigenvalue weighted by Gasteiger charge is -2.35. The first-order valence-corrected chi connectivity index (χ1v) is 11.2. The molecule has 0 bridgehead atoms. The first-order chi connectivity index (χ1) is 14.2. The molecule has 0 aliphatic carbocycles. The van der Waals surface area contributed by atoms with E-state index in [-0.39, 0.29) is 5.91 Å². The van der Waals surface area contributed by atoms with E-state index >= 15 is 0 Å². The summed E-state index contributed by atoms with van der Waals surface area (Å²) in [6.07, 6.45) is 2.48. The second-order valence-corrected chi connectivity index (χ2v) is 8.38. The third kappa shape index (κ3) is 4.95. The van der Waals surface area contributed by atoms with Gasteiger partial charge in [0.1, 0.15) is 5.82 Å². The van der Waals surface area contributed by atoms with Gasteiger partial charge in [0.25, 0.3) is 0 Å². The highest BCUT2D eigenvalue weighted by Gasteiger charge is 2.20. The van der Waals surface area contributed by atoms with Crippen LogP contribution in [0.2, 0.25) is 0 Å². The van der Waals surface area contributed by atoms with Crippen LogP contribution in [0.1, 0.15) is 25.3 Å². The lowest BCUT2D eigenvalue weighted by Crippen LogP contribution is -2.47. The number of nitrogens with one attached hydrogen (secondary N) is 1. The molecule has 1 saturated heterocycles. The van der Waals surface area contributed by atoms with Crippen LogP contribution in [-0.4, -0.2) is 47.9 Å². The fourth-order valence-corrected chi connectivity index (χ4v) is 4.57. The molecule has 1 aromatic heterocycles. The van der Waals surface area contributed by atoms with E-state index in [9.17, 15) is 4.79 Å². The van der Waals surface area contributed by atoms with Crippen molar-refractivity contribution in [2.75, 3.05) is 42.9 Å². The minimum atomic E-state index is 0.0889. The monoisotopic (exact) mass is 408 g/mol. The molecule has 1 aliphatic rings. The molecule has 0 radical (unpaired) electrons. The van der Waals surface area contributed by atoms with E-state index in [0.29, 0.717) is 6.42 Å². The number of fused-ring (bicyclic) bond motifs is 1. The second-order valence-electron chi connectivity index (χ2n) is 7.58. The molecule has 1 fully saturated rings. The summed E-state index contributed by atoms with van der Waals surface area (Å²) in [7, 11) is 0. The minimum Gasteiger partial charge on any atom is -0.353 e. The molecule has 0 spiro atoms. The number of carbonyl (C=O) groups is 1. The largest absolute Gasteiger partial charge is 0.353 e. The van der Waals surface area contributed by atoms with Crippen molar-refractivity contribution >= 4 is 39.0 Å².